The maximum absolute atomic E-state index is 6.39. The van der Waals surface area contributed by atoms with E-state index in [1.54, 1.807) is 11.3 Å². The molecule has 0 spiro atoms. The first-order chi connectivity index (χ1) is 21.4. The van der Waals surface area contributed by atoms with Crippen molar-refractivity contribution in [3.63, 3.8) is 0 Å². The largest absolute Gasteiger partial charge is 2.00 e. The number of aryl methyl sites for hydroxylation is 1. The second-order valence-electron chi connectivity index (χ2n) is 14.1. The van der Waals surface area contributed by atoms with Crippen molar-refractivity contribution >= 4 is 53.6 Å². The summed E-state index contributed by atoms with van der Waals surface area (Å²) in [5, 5.41) is 5.06. The first-order valence-electron chi connectivity index (χ1n) is 15.4. The number of ether oxygens (including phenoxy) is 1. The molecule has 6 heteroatoms. The summed E-state index contributed by atoms with van der Waals surface area (Å²) in [5.74, 6) is 1.35. The number of hydrogen-bond acceptors (Lipinski definition) is 5. The molecule has 3 nitrogen and oxygen atoms in total. The summed E-state index contributed by atoms with van der Waals surface area (Å²) in [7, 11) is 0. The minimum Gasteiger partial charge on any atom is -0.502 e. The molecule has 234 valence electrons. The number of aromatic nitrogens is 2. The fourth-order valence-corrected chi connectivity index (χ4v) is 7.99. The van der Waals surface area contributed by atoms with E-state index in [2.05, 4.69) is 114 Å². The second-order valence-corrected chi connectivity index (χ2v) is 16.3. The van der Waals surface area contributed by atoms with Gasteiger partial charge in [0.1, 0.15) is 0 Å². The van der Waals surface area contributed by atoms with Gasteiger partial charge in [0.25, 0.3) is 0 Å². The number of fused-ring (bicyclic) bond motifs is 4. The van der Waals surface area contributed by atoms with Gasteiger partial charge in [-0.3, -0.25) is 0 Å². The van der Waals surface area contributed by atoms with Crippen LogP contribution in [0.3, 0.4) is 0 Å². The molecule has 0 aliphatic rings. The Morgan fingerprint density at radius 2 is 1.59 bits per heavy atom. The van der Waals surface area contributed by atoms with Crippen molar-refractivity contribution in [2.45, 2.75) is 60.3 Å². The molecule has 4 heterocycles. The van der Waals surface area contributed by atoms with Crippen LogP contribution in [0.4, 0.5) is 0 Å². The van der Waals surface area contributed by atoms with Crippen LogP contribution in [0.5, 0.6) is 11.5 Å². The zero-order valence-electron chi connectivity index (χ0n) is 27.1. The smallest absolute Gasteiger partial charge is 0.502 e. The van der Waals surface area contributed by atoms with Crippen LogP contribution in [0.25, 0.3) is 52.8 Å². The first-order valence-corrected chi connectivity index (χ1v) is 17.0. The molecule has 4 aromatic heterocycles. The third kappa shape index (κ3) is 6.56. The molecular formula is C40H36N2OPtS2. The van der Waals surface area contributed by atoms with E-state index in [1.165, 1.54) is 42.1 Å². The van der Waals surface area contributed by atoms with E-state index < -0.39 is 0 Å². The molecule has 0 radical (unpaired) electrons. The molecule has 0 unspecified atom stereocenters. The zero-order chi connectivity index (χ0) is 31.5. The van der Waals surface area contributed by atoms with Crippen LogP contribution in [0.1, 0.15) is 57.5 Å². The Bertz CT molecular complexity index is 2220. The van der Waals surface area contributed by atoms with Gasteiger partial charge in [-0.05, 0) is 85.6 Å². The van der Waals surface area contributed by atoms with Gasteiger partial charge in [-0.25, -0.2) is 11.3 Å². The van der Waals surface area contributed by atoms with Crippen LogP contribution >= 0.6 is 22.7 Å². The van der Waals surface area contributed by atoms with Crippen molar-refractivity contribution in [2.24, 2.45) is 5.41 Å². The molecule has 0 bridgehead atoms. The maximum Gasteiger partial charge on any atom is 2.00 e. The number of hydrogen-bond donors (Lipinski definition) is 0. The van der Waals surface area contributed by atoms with Crippen molar-refractivity contribution in [1.82, 2.24) is 9.97 Å². The predicted molar refractivity (Wildman–Crippen MR) is 192 cm³/mol. The normalized spacial score (nSPS) is 12.2. The Morgan fingerprint density at radius 3 is 2.37 bits per heavy atom. The van der Waals surface area contributed by atoms with Crippen LogP contribution in [-0.4, -0.2) is 9.97 Å². The fraction of sp³-hybridized carbons (Fsp3) is 0.250. The molecule has 0 atom stereocenters. The monoisotopic (exact) mass is 819 g/mol. The molecule has 0 amide bonds. The summed E-state index contributed by atoms with van der Waals surface area (Å²) in [6.45, 7) is 15.6. The zero-order valence-corrected chi connectivity index (χ0v) is 31.1. The molecule has 0 saturated carbocycles. The van der Waals surface area contributed by atoms with Crippen molar-refractivity contribution in [2.75, 3.05) is 0 Å². The number of rotatable bonds is 5. The molecule has 0 N–H and O–H groups in total. The average molecular weight is 820 g/mol. The van der Waals surface area contributed by atoms with Crippen LogP contribution in [0, 0.1) is 24.5 Å². The van der Waals surface area contributed by atoms with Gasteiger partial charge in [-0.1, -0.05) is 88.6 Å². The van der Waals surface area contributed by atoms with Gasteiger partial charge in [-0.15, -0.1) is 41.2 Å². The van der Waals surface area contributed by atoms with E-state index in [4.69, 9.17) is 9.72 Å². The molecular weight excluding hydrogens is 784 g/mol. The number of benzene rings is 3. The summed E-state index contributed by atoms with van der Waals surface area (Å²) in [5.41, 5.74) is 5.66. The van der Waals surface area contributed by atoms with Crippen LogP contribution < -0.4 is 4.74 Å². The third-order valence-corrected chi connectivity index (χ3v) is 10.2. The Kier molecular flexibility index (Phi) is 8.73. The number of thiophene rings is 2. The average Bonchev–Trinajstić information content (AvgIpc) is 3.54. The van der Waals surface area contributed by atoms with E-state index >= 15 is 0 Å². The summed E-state index contributed by atoms with van der Waals surface area (Å²) < 4.78 is 8.85. The first kappa shape index (κ1) is 32.6. The van der Waals surface area contributed by atoms with E-state index in [-0.39, 0.29) is 31.9 Å². The molecule has 3 aromatic carbocycles. The molecule has 7 rings (SSSR count). The van der Waals surface area contributed by atoms with Gasteiger partial charge in [0.2, 0.25) is 0 Å². The Hall–Kier alpha value is -3.37. The van der Waals surface area contributed by atoms with E-state index in [1.807, 2.05) is 41.9 Å². The van der Waals surface area contributed by atoms with E-state index in [9.17, 15) is 0 Å². The van der Waals surface area contributed by atoms with Crippen molar-refractivity contribution < 1.29 is 25.8 Å². The van der Waals surface area contributed by atoms with Gasteiger partial charge < -0.3 is 14.7 Å². The number of nitrogens with zero attached hydrogens (tertiary/aromatic N) is 2. The summed E-state index contributed by atoms with van der Waals surface area (Å²) in [6.07, 6.45) is 4.84. The van der Waals surface area contributed by atoms with Gasteiger partial charge in [-0.2, -0.15) is 0 Å². The molecule has 0 aliphatic heterocycles. The summed E-state index contributed by atoms with van der Waals surface area (Å²) in [4.78, 5) is 11.5. The molecule has 0 fully saturated rings. The van der Waals surface area contributed by atoms with Gasteiger partial charge in [0.15, 0.2) is 0 Å². The second kappa shape index (κ2) is 12.3. The van der Waals surface area contributed by atoms with Crippen molar-refractivity contribution in [1.29, 1.82) is 0 Å². The van der Waals surface area contributed by atoms with E-state index in [0.29, 0.717) is 11.5 Å². The van der Waals surface area contributed by atoms with Gasteiger partial charge >= 0.3 is 21.1 Å². The van der Waals surface area contributed by atoms with Gasteiger partial charge in [0, 0.05) is 33.3 Å². The predicted octanol–water partition coefficient (Wildman–Crippen LogP) is 12.0. The molecule has 46 heavy (non-hydrogen) atoms. The van der Waals surface area contributed by atoms with Gasteiger partial charge in [0.05, 0.1) is 0 Å². The van der Waals surface area contributed by atoms with Crippen molar-refractivity contribution in [3.05, 3.63) is 107 Å². The fourth-order valence-electron chi connectivity index (χ4n) is 5.81. The Labute approximate surface area is 294 Å². The number of pyridine rings is 2. The Morgan fingerprint density at radius 1 is 0.783 bits per heavy atom. The molecule has 0 saturated heterocycles. The van der Waals surface area contributed by atoms with Crippen LogP contribution in [0.2, 0.25) is 0 Å². The SMILES string of the molecule is Cc1sc(-c2nccc3c2sc2cc4cc(CC(C)(C)C)ccc4cc23)[c-]c1Oc1[c-]c(-c2cc(C(C)(C)C)ccn2)ccc1.[Pt+2]. The van der Waals surface area contributed by atoms with Crippen LogP contribution in [-0.2, 0) is 32.9 Å². The van der Waals surface area contributed by atoms with Crippen molar-refractivity contribution in [3.8, 4) is 33.3 Å². The molecule has 7 aromatic rings. The molecule has 0 aliphatic carbocycles. The quantitative estimate of drug-likeness (QED) is 0.162. The maximum atomic E-state index is 6.39. The van der Waals surface area contributed by atoms with E-state index in [0.717, 1.165) is 33.1 Å². The third-order valence-electron chi connectivity index (χ3n) is 8.04. The summed E-state index contributed by atoms with van der Waals surface area (Å²) in [6, 6.07) is 30.9. The standard InChI is InChI=1S/C40H36N2OS2.Pt/c1-24-34(43-30-10-8-9-27(18-30)33-21-29(13-15-41-33)40(5,6)7)22-36(44-24)37-38-31(14-16-42-37)32-19-26-12-11-25(23-39(2,3)4)17-28(26)20-35(32)45-38;/h8-17,19-21H,23H2,1-7H3;/q-2;+2. The summed E-state index contributed by atoms with van der Waals surface area (Å²) >= 11 is 3.47. The minimum absolute atomic E-state index is 0. The Balaban J connectivity index is 0.00000372. The van der Waals surface area contributed by atoms with Crippen LogP contribution in [0.15, 0.2) is 79.1 Å². The minimum atomic E-state index is 0. The topological polar surface area (TPSA) is 35.0 Å².